The van der Waals surface area contributed by atoms with E-state index < -0.39 is 17.0 Å². The van der Waals surface area contributed by atoms with Gasteiger partial charge in [-0.05, 0) is 26.2 Å². The van der Waals surface area contributed by atoms with Crippen molar-refractivity contribution in [1.29, 1.82) is 0 Å². The molecule has 1 unspecified atom stereocenters. The molecule has 8 heteroatoms. The SMILES string of the molecule is CN(C)Cc1cc2c(cc1O)c(C(=O)O)c(CS(=O)O)n2C.c1ccccc1. The fourth-order valence-electron chi connectivity index (χ4n) is 2.94. The van der Waals surface area contributed by atoms with E-state index >= 15 is 0 Å². The minimum absolute atomic E-state index is 0.00553. The van der Waals surface area contributed by atoms with Gasteiger partial charge in [-0.2, -0.15) is 0 Å². The van der Waals surface area contributed by atoms with E-state index in [1.165, 1.54) is 6.07 Å². The molecule has 0 spiro atoms. The van der Waals surface area contributed by atoms with Crippen LogP contribution in [0.15, 0.2) is 48.5 Å². The van der Waals surface area contributed by atoms with Crippen LogP contribution in [0.4, 0.5) is 0 Å². The van der Waals surface area contributed by atoms with Gasteiger partial charge in [0.1, 0.15) is 5.75 Å². The zero-order valence-electron chi connectivity index (χ0n) is 16.0. The van der Waals surface area contributed by atoms with E-state index in [0.29, 0.717) is 23.0 Å². The molecule has 0 radical (unpaired) electrons. The topological polar surface area (TPSA) is 103 Å². The van der Waals surface area contributed by atoms with Crippen molar-refractivity contribution < 1.29 is 23.8 Å². The molecule has 0 aliphatic carbocycles. The van der Waals surface area contributed by atoms with Crippen molar-refractivity contribution in [2.45, 2.75) is 12.3 Å². The monoisotopic (exact) mass is 404 g/mol. The Bertz CT molecular complexity index is 957. The van der Waals surface area contributed by atoms with Crippen LogP contribution in [0, 0.1) is 0 Å². The number of hydrogen-bond donors (Lipinski definition) is 3. The number of rotatable bonds is 5. The van der Waals surface area contributed by atoms with Gasteiger partial charge in [0, 0.05) is 35.8 Å². The van der Waals surface area contributed by atoms with E-state index in [1.54, 1.807) is 17.7 Å². The second-order valence-corrected chi connectivity index (χ2v) is 7.47. The summed E-state index contributed by atoms with van der Waals surface area (Å²) in [4.78, 5) is 13.4. The van der Waals surface area contributed by atoms with Crippen LogP contribution < -0.4 is 0 Å². The fourth-order valence-corrected chi connectivity index (χ4v) is 3.52. The molecular formula is C20H24N2O5S. The Labute approximate surface area is 166 Å². The molecule has 0 bridgehead atoms. The lowest BCUT2D eigenvalue weighted by Gasteiger charge is -2.12. The van der Waals surface area contributed by atoms with Gasteiger partial charge in [-0.1, -0.05) is 36.4 Å². The Morgan fingerprint density at radius 2 is 1.64 bits per heavy atom. The summed E-state index contributed by atoms with van der Waals surface area (Å²) >= 11 is -2.16. The smallest absolute Gasteiger partial charge is 0.338 e. The molecule has 3 N–H and O–H groups in total. The highest BCUT2D eigenvalue weighted by Crippen LogP contribution is 2.32. The molecule has 1 atom stereocenters. The van der Waals surface area contributed by atoms with Crippen LogP contribution >= 0.6 is 0 Å². The minimum atomic E-state index is -2.16. The van der Waals surface area contributed by atoms with Crippen molar-refractivity contribution in [3.8, 4) is 5.75 Å². The number of hydrogen-bond acceptors (Lipinski definition) is 4. The Morgan fingerprint density at radius 1 is 1.11 bits per heavy atom. The molecule has 0 fully saturated rings. The first-order valence-corrected chi connectivity index (χ1v) is 9.78. The molecule has 7 nitrogen and oxygen atoms in total. The first kappa shape index (κ1) is 21.6. The largest absolute Gasteiger partial charge is 0.508 e. The number of nitrogens with zero attached hydrogens (tertiary/aromatic N) is 2. The molecule has 0 aliphatic rings. The first-order valence-electron chi connectivity index (χ1n) is 8.51. The van der Waals surface area contributed by atoms with Gasteiger partial charge in [0.05, 0.1) is 11.3 Å². The molecule has 0 aliphatic heterocycles. The van der Waals surface area contributed by atoms with Crippen molar-refractivity contribution in [1.82, 2.24) is 9.47 Å². The third kappa shape index (κ3) is 5.19. The first-order chi connectivity index (χ1) is 13.2. The number of aromatic nitrogens is 1. The molecule has 0 amide bonds. The molecule has 3 rings (SSSR count). The standard InChI is InChI=1S/C14H18N2O5S.C6H6/c1-15(2)6-8-4-10-9(5-12(8)17)13(14(18)19)11(16(10)3)7-22(20)21;1-2-4-6-5-3-1/h4-5,17H,6-7H2,1-3H3,(H,18,19)(H,20,21);1-6H. The summed E-state index contributed by atoms with van der Waals surface area (Å²) in [7, 11) is 5.36. The van der Waals surface area contributed by atoms with Gasteiger partial charge in [0.2, 0.25) is 0 Å². The lowest BCUT2D eigenvalue weighted by molar-refractivity contribution is 0.0698. The van der Waals surface area contributed by atoms with Crippen LogP contribution in [-0.4, -0.2) is 48.5 Å². The van der Waals surface area contributed by atoms with E-state index in [1.807, 2.05) is 55.4 Å². The summed E-state index contributed by atoms with van der Waals surface area (Å²) < 4.78 is 21.8. The Morgan fingerprint density at radius 3 is 2.07 bits per heavy atom. The maximum atomic E-state index is 11.5. The van der Waals surface area contributed by atoms with Crippen molar-refractivity contribution >= 4 is 28.0 Å². The van der Waals surface area contributed by atoms with Crippen LogP contribution in [0.5, 0.6) is 5.75 Å². The van der Waals surface area contributed by atoms with Crippen LogP contribution in [-0.2, 0) is 30.4 Å². The van der Waals surface area contributed by atoms with Gasteiger partial charge in [-0.3, -0.25) is 0 Å². The average molecular weight is 404 g/mol. The number of carboxylic acid groups (broad SMARTS) is 1. The third-order valence-electron chi connectivity index (χ3n) is 4.15. The van der Waals surface area contributed by atoms with E-state index in [-0.39, 0.29) is 22.8 Å². The number of phenols is 1. The summed E-state index contributed by atoms with van der Waals surface area (Å²) in [6.07, 6.45) is 0. The van der Waals surface area contributed by atoms with Crippen molar-refractivity contribution in [2.24, 2.45) is 7.05 Å². The number of aryl methyl sites for hydroxylation is 1. The Balaban J connectivity index is 0.000000397. The molecular weight excluding hydrogens is 380 g/mol. The lowest BCUT2D eigenvalue weighted by atomic mass is 10.1. The Hall–Kier alpha value is -2.68. The minimum Gasteiger partial charge on any atom is -0.508 e. The number of benzene rings is 2. The second-order valence-electron chi connectivity index (χ2n) is 6.54. The van der Waals surface area contributed by atoms with Crippen LogP contribution in [0.1, 0.15) is 21.6 Å². The van der Waals surface area contributed by atoms with Gasteiger partial charge in [0.15, 0.2) is 11.1 Å². The van der Waals surface area contributed by atoms with Crippen LogP contribution in [0.3, 0.4) is 0 Å². The fraction of sp³-hybridized carbons (Fsp3) is 0.250. The number of fused-ring (bicyclic) bond motifs is 1. The summed E-state index contributed by atoms with van der Waals surface area (Å²) in [6.45, 7) is 0.497. The van der Waals surface area contributed by atoms with E-state index in [2.05, 4.69) is 0 Å². The zero-order chi connectivity index (χ0) is 20.8. The number of aromatic carboxylic acids is 1. The van der Waals surface area contributed by atoms with Crippen molar-refractivity contribution in [3.05, 3.63) is 65.4 Å². The highest BCUT2D eigenvalue weighted by atomic mass is 32.2. The van der Waals surface area contributed by atoms with E-state index in [0.717, 1.165) is 0 Å². The van der Waals surface area contributed by atoms with Crippen molar-refractivity contribution in [2.75, 3.05) is 14.1 Å². The quantitative estimate of drug-likeness (QED) is 0.565. The molecule has 0 saturated carbocycles. The van der Waals surface area contributed by atoms with Crippen molar-refractivity contribution in [3.63, 3.8) is 0 Å². The molecule has 1 aromatic heterocycles. The number of carboxylic acids is 1. The van der Waals surface area contributed by atoms with Gasteiger partial charge in [-0.15, -0.1) is 0 Å². The van der Waals surface area contributed by atoms with Gasteiger partial charge in [0.25, 0.3) is 0 Å². The predicted molar refractivity (Wildman–Crippen MR) is 110 cm³/mol. The normalized spacial score (nSPS) is 11.9. The number of carbonyl (C=O) groups is 1. The molecule has 150 valence electrons. The average Bonchev–Trinajstić information content (AvgIpc) is 2.88. The molecule has 1 heterocycles. The molecule has 28 heavy (non-hydrogen) atoms. The Kier molecular flexibility index (Phi) is 7.33. The maximum absolute atomic E-state index is 11.5. The molecule has 0 saturated heterocycles. The van der Waals surface area contributed by atoms with Crippen LogP contribution in [0.2, 0.25) is 0 Å². The zero-order valence-corrected chi connectivity index (χ0v) is 16.8. The summed E-state index contributed by atoms with van der Waals surface area (Å²) in [5.41, 5.74) is 1.47. The summed E-state index contributed by atoms with van der Waals surface area (Å²) in [6, 6.07) is 15.1. The predicted octanol–water partition coefficient (Wildman–Crippen LogP) is 3.05. The number of phenolic OH excluding ortho intramolecular Hbond substituents is 1. The van der Waals surface area contributed by atoms with Gasteiger partial charge >= 0.3 is 5.97 Å². The highest BCUT2D eigenvalue weighted by Gasteiger charge is 2.23. The number of aromatic hydroxyl groups is 1. The molecule has 2 aromatic carbocycles. The second kappa shape index (κ2) is 9.50. The lowest BCUT2D eigenvalue weighted by Crippen LogP contribution is -2.10. The third-order valence-corrected chi connectivity index (χ3v) is 4.67. The highest BCUT2D eigenvalue weighted by molar-refractivity contribution is 7.78. The summed E-state index contributed by atoms with van der Waals surface area (Å²) in [5.74, 6) is -1.46. The maximum Gasteiger partial charge on any atom is 0.338 e. The molecule has 3 aromatic rings. The van der Waals surface area contributed by atoms with Crippen LogP contribution in [0.25, 0.3) is 10.9 Å². The van der Waals surface area contributed by atoms with E-state index in [9.17, 15) is 19.2 Å². The van der Waals surface area contributed by atoms with E-state index in [4.69, 9.17) is 4.55 Å². The van der Waals surface area contributed by atoms with Gasteiger partial charge in [-0.25, -0.2) is 9.00 Å². The van der Waals surface area contributed by atoms with Gasteiger partial charge < -0.3 is 24.2 Å². The summed E-state index contributed by atoms with van der Waals surface area (Å²) in [5, 5.41) is 19.9.